The van der Waals surface area contributed by atoms with E-state index in [1.165, 1.54) is 0 Å². The van der Waals surface area contributed by atoms with Gasteiger partial charge in [0.15, 0.2) is 0 Å². The second kappa shape index (κ2) is 16.8. The molecule has 8 heteroatoms. The topological polar surface area (TPSA) is 99.5 Å². The molecule has 44 heavy (non-hydrogen) atoms. The molecule has 3 aromatic rings. The minimum atomic E-state index is -0.853. The summed E-state index contributed by atoms with van der Waals surface area (Å²) in [7, 11) is 3.24. The van der Waals surface area contributed by atoms with Crippen LogP contribution < -0.4 is 9.47 Å². The lowest BCUT2D eigenvalue weighted by Crippen LogP contribution is -2.42. The molecular weight excluding hydrogens is 556 g/mol. The standard InChI is InChI=1S/C36H48N2O6/c1-25(2)19-33(35(39)40)37(21-27-11-15-31(43-5)16-12-27)23-29-9-7-8-10-30(29)24-38(34(36(41)42)20-26(3)4)22-28-13-17-32(44-6)18-14-28/h7-18,25-26,33-34H,19-24H2,1-6H3,(H,39,40)(H,41,42)/t33-,34-/m0/s1. The van der Waals surface area contributed by atoms with E-state index in [2.05, 4.69) is 0 Å². The molecule has 0 spiro atoms. The molecule has 0 saturated heterocycles. The molecule has 0 fully saturated rings. The summed E-state index contributed by atoms with van der Waals surface area (Å²) in [5.74, 6) is 0.166. The molecular formula is C36H48N2O6. The third kappa shape index (κ3) is 10.4. The average Bonchev–Trinajstić information content (AvgIpc) is 2.99. The molecule has 2 atom stereocenters. The van der Waals surface area contributed by atoms with E-state index in [0.29, 0.717) is 39.0 Å². The van der Waals surface area contributed by atoms with Gasteiger partial charge in [0.25, 0.3) is 0 Å². The summed E-state index contributed by atoms with van der Waals surface area (Å²) in [5.41, 5.74) is 3.93. The fraction of sp³-hybridized carbons (Fsp3) is 0.444. The average molecular weight is 605 g/mol. The Morgan fingerprint density at radius 3 is 1.20 bits per heavy atom. The molecule has 0 aliphatic heterocycles. The third-order valence-corrected chi connectivity index (χ3v) is 7.80. The molecule has 238 valence electrons. The van der Waals surface area contributed by atoms with Gasteiger partial charge >= 0.3 is 11.9 Å². The zero-order valence-corrected chi connectivity index (χ0v) is 26.9. The van der Waals surface area contributed by atoms with Crippen LogP contribution in [0.15, 0.2) is 72.8 Å². The summed E-state index contributed by atoms with van der Waals surface area (Å²) in [6.45, 7) is 9.85. The minimum absolute atomic E-state index is 0.192. The molecule has 0 radical (unpaired) electrons. The van der Waals surface area contributed by atoms with E-state index in [9.17, 15) is 19.8 Å². The number of nitrogens with zero attached hydrogens (tertiary/aromatic N) is 2. The van der Waals surface area contributed by atoms with Gasteiger partial charge < -0.3 is 19.7 Å². The Balaban J connectivity index is 1.99. The number of hydrogen-bond donors (Lipinski definition) is 2. The van der Waals surface area contributed by atoms with Gasteiger partial charge in [-0.15, -0.1) is 0 Å². The summed E-state index contributed by atoms with van der Waals surface area (Å²) >= 11 is 0. The van der Waals surface area contributed by atoms with Crippen LogP contribution in [0.1, 0.15) is 62.8 Å². The Bertz CT molecular complexity index is 1220. The zero-order valence-electron chi connectivity index (χ0n) is 26.9. The summed E-state index contributed by atoms with van der Waals surface area (Å²) in [5, 5.41) is 20.6. The second-order valence-electron chi connectivity index (χ2n) is 12.2. The van der Waals surface area contributed by atoms with Gasteiger partial charge in [0.1, 0.15) is 23.6 Å². The van der Waals surface area contributed by atoms with Crippen LogP contribution in [0, 0.1) is 11.8 Å². The van der Waals surface area contributed by atoms with Gasteiger partial charge in [-0.25, -0.2) is 0 Å². The van der Waals surface area contributed by atoms with Crippen molar-refractivity contribution in [2.24, 2.45) is 11.8 Å². The van der Waals surface area contributed by atoms with Gasteiger partial charge in [0.05, 0.1) is 14.2 Å². The molecule has 0 amide bonds. The van der Waals surface area contributed by atoms with Crippen molar-refractivity contribution in [1.82, 2.24) is 9.80 Å². The first kappa shape index (κ1) is 34.6. The highest BCUT2D eigenvalue weighted by Crippen LogP contribution is 2.25. The van der Waals surface area contributed by atoms with Crippen molar-refractivity contribution < 1.29 is 29.3 Å². The molecule has 3 aromatic carbocycles. The smallest absolute Gasteiger partial charge is 0.320 e. The number of carboxylic acid groups (broad SMARTS) is 2. The van der Waals surface area contributed by atoms with E-state index in [1.54, 1.807) is 14.2 Å². The highest BCUT2D eigenvalue weighted by molar-refractivity contribution is 5.74. The van der Waals surface area contributed by atoms with Crippen molar-refractivity contribution in [2.45, 2.75) is 78.8 Å². The Labute approximate surface area is 262 Å². The molecule has 0 heterocycles. The van der Waals surface area contributed by atoms with Gasteiger partial charge in [0.2, 0.25) is 0 Å². The summed E-state index contributed by atoms with van der Waals surface area (Å²) in [6.07, 6.45) is 1.01. The van der Waals surface area contributed by atoms with Crippen LogP contribution in [0.2, 0.25) is 0 Å². The van der Waals surface area contributed by atoms with Crippen LogP contribution >= 0.6 is 0 Å². The number of benzene rings is 3. The Hall–Kier alpha value is -3.88. The number of carboxylic acids is 2. The van der Waals surface area contributed by atoms with Crippen LogP contribution in [-0.4, -0.2) is 58.3 Å². The number of ether oxygens (including phenoxy) is 2. The van der Waals surface area contributed by atoms with Crippen molar-refractivity contribution in [3.8, 4) is 11.5 Å². The number of aliphatic carboxylic acids is 2. The van der Waals surface area contributed by atoms with E-state index in [4.69, 9.17) is 9.47 Å². The number of hydrogen-bond acceptors (Lipinski definition) is 6. The van der Waals surface area contributed by atoms with Crippen molar-refractivity contribution in [3.63, 3.8) is 0 Å². The van der Waals surface area contributed by atoms with Crippen molar-refractivity contribution >= 4 is 11.9 Å². The van der Waals surface area contributed by atoms with E-state index in [0.717, 1.165) is 33.8 Å². The molecule has 0 unspecified atom stereocenters. The van der Waals surface area contributed by atoms with Crippen LogP contribution in [0.4, 0.5) is 0 Å². The quantitative estimate of drug-likeness (QED) is 0.165. The summed E-state index contributed by atoms with van der Waals surface area (Å²) < 4.78 is 10.6. The Morgan fingerprint density at radius 2 is 0.932 bits per heavy atom. The molecule has 3 rings (SSSR count). The maximum atomic E-state index is 12.6. The van der Waals surface area contributed by atoms with Gasteiger partial charge in [-0.2, -0.15) is 0 Å². The molecule has 0 bridgehead atoms. The van der Waals surface area contributed by atoms with Crippen LogP contribution in [0.25, 0.3) is 0 Å². The molecule has 0 saturated carbocycles. The number of carbonyl (C=O) groups is 2. The van der Waals surface area contributed by atoms with Crippen LogP contribution in [0.5, 0.6) is 11.5 Å². The molecule has 2 N–H and O–H groups in total. The summed E-state index contributed by atoms with van der Waals surface area (Å²) in [6, 6.07) is 22.0. The van der Waals surface area contributed by atoms with Crippen molar-refractivity contribution in [2.75, 3.05) is 14.2 Å². The monoisotopic (exact) mass is 604 g/mol. The normalized spacial score (nSPS) is 13.0. The highest BCUT2D eigenvalue weighted by atomic mass is 16.5. The molecule has 8 nitrogen and oxygen atoms in total. The van der Waals surface area contributed by atoms with Crippen LogP contribution in [-0.2, 0) is 35.8 Å². The SMILES string of the molecule is COc1ccc(CN(Cc2ccccc2CN(Cc2ccc(OC)cc2)[C@@H](CC(C)C)C(=O)O)[C@@H](CC(C)C)C(=O)O)cc1. The first-order chi connectivity index (χ1) is 21.0. The van der Waals surface area contributed by atoms with Crippen LogP contribution in [0.3, 0.4) is 0 Å². The minimum Gasteiger partial charge on any atom is -0.497 e. The Morgan fingerprint density at radius 1 is 0.591 bits per heavy atom. The lowest BCUT2D eigenvalue weighted by Gasteiger charge is -2.33. The molecule has 0 aromatic heterocycles. The zero-order chi connectivity index (χ0) is 32.2. The van der Waals surface area contributed by atoms with Crippen molar-refractivity contribution in [3.05, 3.63) is 95.1 Å². The fourth-order valence-electron chi connectivity index (χ4n) is 5.49. The summed E-state index contributed by atoms with van der Waals surface area (Å²) in [4.78, 5) is 29.2. The molecule has 0 aliphatic rings. The van der Waals surface area contributed by atoms with E-state index >= 15 is 0 Å². The van der Waals surface area contributed by atoms with E-state index in [-0.39, 0.29) is 11.8 Å². The third-order valence-electron chi connectivity index (χ3n) is 7.80. The first-order valence-electron chi connectivity index (χ1n) is 15.3. The van der Waals surface area contributed by atoms with E-state index < -0.39 is 24.0 Å². The van der Waals surface area contributed by atoms with Gasteiger partial charge in [-0.05, 0) is 71.2 Å². The molecule has 0 aliphatic carbocycles. The number of rotatable bonds is 18. The predicted molar refractivity (Wildman–Crippen MR) is 173 cm³/mol. The lowest BCUT2D eigenvalue weighted by atomic mass is 9.98. The highest BCUT2D eigenvalue weighted by Gasteiger charge is 2.30. The van der Waals surface area contributed by atoms with Gasteiger partial charge in [0, 0.05) is 26.2 Å². The second-order valence-corrected chi connectivity index (χ2v) is 12.2. The van der Waals surface area contributed by atoms with Gasteiger partial charge in [-0.1, -0.05) is 76.2 Å². The van der Waals surface area contributed by atoms with E-state index in [1.807, 2.05) is 110 Å². The number of methoxy groups -OCH3 is 2. The van der Waals surface area contributed by atoms with Gasteiger partial charge in [-0.3, -0.25) is 19.4 Å². The fourth-order valence-corrected chi connectivity index (χ4v) is 5.49. The maximum absolute atomic E-state index is 12.6. The van der Waals surface area contributed by atoms with Crippen molar-refractivity contribution in [1.29, 1.82) is 0 Å². The first-order valence-corrected chi connectivity index (χ1v) is 15.3. The lowest BCUT2D eigenvalue weighted by molar-refractivity contribution is -0.145. The predicted octanol–water partition coefficient (Wildman–Crippen LogP) is 6.71. The Kier molecular flexibility index (Phi) is 13.2. The largest absolute Gasteiger partial charge is 0.497 e. The maximum Gasteiger partial charge on any atom is 0.320 e.